The molecule has 0 aromatic heterocycles. The molecule has 21 heavy (non-hydrogen) atoms. The van der Waals surface area contributed by atoms with Gasteiger partial charge in [0.1, 0.15) is 0 Å². The van der Waals surface area contributed by atoms with Gasteiger partial charge in [-0.2, -0.15) is 0 Å². The first kappa shape index (κ1) is 15.6. The first-order chi connectivity index (χ1) is 9.91. The van der Waals surface area contributed by atoms with Gasteiger partial charge in [-0.25, -0.2) is 0 Å². The number of nitrogens with one attached hydrogen (secondary N) is 1. The molecule has 0 spiro atoms. The topological polar surface area (TPSA) is 12.0 Å². The molecule has 2 aromatic carbocycles. The summed E-state index contributed by atoms with van der Waals surface area (Å²) in [5, 5.41) is 3.74. The standard InChI is InChI=1S/C20H27N/c1-13(2)17-11-8-12-18(14(3)4)20(17)21-19-15(5)9-7-10-16(19)6/h7-14,21H,1-6H3. The van der Waals surface area contributed by atoms with Crippen molar-refractivity contribution < 1.29 is 0 Å². The maximum Gasteiger partial charge on any atom is 0.0454 e. The molecule has 0 fully saturated rings. The van der Waals surface area contributed by atoms with Crippen molar-refractivity contribution in [2.45, 2.75) is 53.4 Å². The van der Waals surface area contributed by atoms with Gasteiger partial charge in [-0.15, -0.1) is 0 Å². The van der Waals surface area contributed by atoms with Gasteiger partial charge < -0.3 is 5.32 Å². The summed E-state index contributed by atoms with van der Waals surface area (Å²) in [5.74, 6) is 1.02. The van der Waals surface area contributed by atoms with E-state index in [-0.39, 0.29) is 0 Å². The predicted octanol–water partition coefficient (Wildman–Crippen LogP) is 6.29. The predicted molar refractivity (Wildman–Crippen MR) is 93.8 cm³/mol. The summed E-state index contributed by atoms with van der Waals surface area (Å²) in [6.45, 7) is 13.4. The molecule has 0 saturated carbocycles. The van der Waals surface area contributed by atoms with Gasteiger partial charge in [0.2, 0.25) is 0 Å². The zero-order valence-corrected chi connectivity index (χ0v) is 14.1. The van der Waals surface area contributed by atoms with E-state index < -0.39 is 0 Å². The van der Waals surface area contributed by atoms with Crippen LogP contribution in [0.5, 0.6) is 0 Å². The normalized spacial score (nSPS) is 11.2. The highest BCUT2D eigenvalue weighted by Crippen LogP contribution is 2.36. The van der Waals surface area contributed by atoms with Crippen molar-refractivity contribution in [2.75, 3.05) is 5.32 Å². The van der Waals surface area contributed by atoms with Crippen LogP contribution in [0.15, 0.2) is 36.4 Å². The molecule has 0 heterocycles. The third kappa shape index (κ3) is 3.29. The van der Waals surface area contributed by atoms with Crippen LogP contribution in [0.25, 0.3) is 0 Å². The van der Waals surface area contributed by atoms with E-state index in [1.807, 2.05) is 0 Å². The van der Waals surface area contributed by atoms with Gasteiger partial charge in [-0.1, -0.05) is 64.1 Å². The average molecular weight is 281 g/mol. The fraction of sp³-hybridized carbons (Fsp3) is 0.400. The molecule has 0 amide bonds. The Morgan fingerprint density at radius 1 is 0.667 bits per heavy atom. The second kappa shape index (κ2) is 6.34. The molecule has 0 unspecified atom stereocenters. The van der Waals surface area contributed by atoms with Crippen LogP contribution in [0.1, 0.15) is 61.8 Å². The number of hydrogen-bond acceptors (Lipinski definition) is 1. The van der Waals surface area contributed by atoms with E-state index >= 15 is 0 Å². The molecule has 2 aromatic rings. The number of rotatable bonds is 4. The Kier molecular flexibility index (Phi) is 4.72. The molecule has 1 nitrogen and oxygen atoms in total. The Balaban J connectivity index is 2.57. The fourth-order valence-electron chi connectivity index (χ4n) is 2.83. The summed E-state index contributed by atoms with van der Waals surface area (Å²) < 4.78 is 0. The van der Waals surface area contributed by atoms with E-state index in [1.54, 1.807) is 0 Å². The number of aryl methyl sites for hydroxylation is 2. The van der Waals surface area contributed by atoms with Crippen LogP contribution < -0.4 is 5.32 Å². The molecule has 0 aliphatic heterocycles. The molecule has 2 rings (SSSR count). The lowest BCUT2D eigenvalue weighted by atomic mass is 9.92. The zero-order chi connectivity index (χ0) is 15.6. The highest BCUT2D eigenvalue weighted by atomic mass is 14.9. The summed E-state index contributed by atoms with van der Waals surface area (Å²) in [7, 11) is 0. The van der Waals surface area contributed by atoms with Crippen LogP contribution >= 0.6 is 0 Å². The molecule has 0 saturated heterocycles. The molecule has 0 aliphatic carbocycles. The molecule has 0 atom stereocenters. The van der Waals surface area contributed by atoms with Crippen LogP contribution in [0.2, 0.25) is 0 Å². The monoisotopic (exact) mass is 281 g/mol. The van der Waals surface area contributed by atoms with Gasteiger partial charge in [0.15, 0.2) is 0 Å². The third-order valence-electron chi connectivity index (χ3n) is 4.10. The summed E-state index contributed by atoms with van der Waals surface area (Å²) in [6.07, 6.45) is 0. The Bertz CT molecular complexity index is 577. The van der Waals surface area contributed by atoms with Gasteiger partial charge in [0, 0.05) is 11.4 Å². The fourth-order valence-corrected chi connectivity index (χ4v) is 2.83. The van der Waals surface area contributed by atoms with Crippen LogP contribution in [-0.2, 0) is 0 Å². The number of para-hydroxylation sites is 2. The van der Waals surface area contributed by atoms with Crippen molar-refractivity contribution in [3.8, 4) is 0 Å². The van der Waals surface area contributed by atoms with Gasteiger partial charge in [-0.05, 0) is 47.9 Å². The first-order valence-corrected chi connectivity index (χ1v) is 7.87. The lowest BCUT2D eigenvalue weighted by molar-refractivity contribution is 0.838. The average Bonchev–Trinajstić information content (AvgIpc) is 2.42. The van der Waals surface area contributed by atoms with Crippen LogP contribution in [-0.4, -0.2) is 0 Å². The lowest BCUT2D eigenvalue weighted by Gasteiger charge is -2.22. The number of benzene rings is 2. The smallest absolute Gasteiger partial charge is 0.0454 e. The third-order valence-corrected chi connectivity index (χ3v) is 4.10. The summed E-state index contributed by atoms with van der Waals surface area (Å²) >= 11 is 0. The Morgan fingerprint density at radius 3 is 1.52 bits per heavy atom. The summed E-state index contributed by atoms with van der Waals surface area (Å²) in [5.41, 5.74) is 7.91. The molecular weight excluding hydrogens is 254 g/mol. The van der Waals surface area contributed by atoms with Crippen molar-refractivity contribution in [3.05, 3.63) is 58.7 Å². The van der Waals surface area contributed by atoms with Crippen molar-refractivity contribution in [1.82, 2.24) is 0 Å². The van der Waals surface area contributed by atoms with Crippen molar-refractivity contribution in [3.63, 3.8) is 0 Å². The first-order valence-electron chi connectivity index (χ1n) is 7.87. The number of anilines is 2. The molecule has 1 heteroatoms. The van der Waals surface area contributed by atoms with Crippen LogP contribution in [0, 0.1) is 13.8 Å². The largest absolute Gasteiger partial charge is 0.355 e. The minimum atomic E-state index is 0.510. The molecule has 0 bridgehead atoms. The lowest BCUT2D eigenvalue weighted by Crippen LogP contribution is -2.05. The maximum absolute atomic E-state index is 3.74. The molecule has 112 valence electrons. The highest BCUT2D eigenvalue weighted by molar-refractivity contribution is 5.72. The Hall–Kier alpha value is -1.76. The molecule has 0 aliphatic rings. The minimum absolute atomic E-state index is 0.510. The van der Waals surface area contributed by atoms with Crippen molar-refractivity contribution >= 4 is 11.4 Å². The van der Waals surface area contributed by atoms with Crippen molar-refractivity contribution in [2.24, 2.45) is 0 Å². The minimum Gasteiger partial charge on any atom is -0.355 e. The van der Waals surface area contributed by atoms with E-state index in [1.165, 1.54) is 33.6 Å². The molecular formula is C20H27N. The molecule has 1 N–H and O–H groups in total. The summed E-state index contributed by atoms with van der Waals surface area (Å²) in [4.78, 5) is 0. The second-order valence-electron chi connectivity index (χ2n) is 6.51. The van der Waals surface area contributed by atoms with E-state index in [2.05, 4.69) is 83.3 Å². The Morgan fingerprint density at radius 2 is 1.10 bits per heavy atom. The van der Waals surface area contributed by atoms with E-state index in [4.69, 9.17) is 0 Å². The quantitative estimate of drug-likeness (QED) is 0.694. The van der Waals surface area contributed by atoms with Crippen molar-refractivity contribution in [1.29, 1.82) is 0 Å². The Labute approximate surface area is 129 Å². The SMILES string of the molecule is Cc1cccc(C)c1Nc1c(C(C)C)cccc1C(C)C. The van der Waals surface area contributed by atoms with Gasteiger partial charge in [-0.3, -0.25) is 0 Å². The van der Waals surface area contributed by atoms with Gasteiger partial charge >= 0.3 is 0 Å². The van der Waals surface area contributed by atoms with E-state index in [0.29, 0.717) is 11.8 Å². The highest BCUT2D eigenvalue weighted by Gasteiger charge is 2.15. The van der Waals surface area contributed by atoms with Crippen LogP contribution in [0.4, 0.5) is 11.4 Å². The molecule has 0 radical (unpaired) electrons. The van der Waals surface area contributed by atoms with Gasteiger partial charge in [0.05, 0.1) is 0 Å². The van der Waals surface area contributed by atoms with E-state index in [9.17, 15) is 0 Å². The number of hydrogen-bond donors (Lipinski definition) is 1. The van der Waals surface area contributed by atoms with Gasteiger partial charge in [0.25, 0.3) is 0 Å². The van der Waals surface area contributed by atoms with Crippen LogP contribution in [0.3, 0.4) is 0 Å². The summed E-state index contributed by atoms with van der Waals surface area (Å²) in [6, 6.07) is 13.1. The second-order valence-corrected chi connectivity index (χ2v) is 6.51. The zero-order valence-electron chi connectivity index (χ0n) is 14.1. The maximum atomic E-state index is 3.74. The van der Waals surface area contributed by atoms with E-state index in [0.717, 1.165) is 0 Å².